The molecule has 1 nitrogen and oxygen atoms in total. The van der Waals surface area contributed by atoms with E-state index in [1.54, 1.807) is 0 Å². The van der Waals surface area contributed by atoms with E-state index in [4.69, 9.17) is 0 Å². The molecule has 0 radical (unpaired) electrons. The Morgan fingerprint density at radius 2 is 0.656 bits per heavy atom. The predicted octanol–water partition coefficient (Wildman–Crippen LogP) is 11.0. The van der Waals surface area contributed by atoms with Crippen molar-refractivity contribution < 1.29 is 0 Å². The highest BCUT2D eigenvalue weighted by Gasteiger charge is 2.08. The second-order valence-electron chi connectivity index (χ2n) is 11.8. The molecule has 0 saturated heterocycles. The van der Waals surface area contributed by atoms with E-state index < -0.39 is 0 Å². The van der Waals surface area contributed by atoms with Crippen LogP contribution in [0, 0.1) is 5.41 Å². The van der Waals surface area contributed by atoms with Crippen LogP contribution >= 0.6 is 0 Å². The van der Waals surface area contributed by atoms with Gasteiger partial charge in [-0.1, -0.05) is 163 Å². The highest BCUT2D eigenvalue weighted by molar-refractivity contribution is 4.61. The average molecular weight is 452 g/mol. The SMILES string of the molecule is CCCCCCCCCCCCCCCCNCCCCCCCCCCCC(C)(C)C. The first kappa shape index (κ1) is 32.0. The molecule has 1 heteroatoms. The molecule has 0 atom stereocenters. The van der Waals surface area contributed by atoms with Crippen molar-refractivity contribution in [2.24, 2.45) is 5.41 Å². The van der Waals surface area contributed by atoms with Crippen molar-refractivity contribution >= 4 is 0 Å². The first-order valence-corrected chi connectivity index (χ1v) is 15.3. The second kappa shape index (κ2) is 25.6. The smallest absolute Gasteiger partial charge is 0.00489 e. The maximum atomic E-state index is 3.67. The van der Waals surface area contributed by atoms with Crippen LogP contribution in [0.25, 0.3) is 0 Å². The molecule has 0 aromatic carbocycles. The van der Waals surface area contributed by atoms with Gasteiger partial charge < -0.3 is 5.32 Å². The molecular formula is C31H65N. The summed E-state index contributed by atoms with van der Waals surface area (Å²) < 4.78 is 0. The largest absolute Gasteiger partial charge is 0.317 e. The summed E-state index contributed by atoms with van der Waals surface area (Å²) in [6.45, 7) is 11.9. The molecule has 0 aliphatic carbocycles. The molecule has 0 aromatic heterocycles. The molecule has 0 aliphatic rings. The van der Waals surface area contributed by atoms with Crippen LogP contribution < -0.4 is 5.32 Å². The monoisotopic (exact) mass is 452 g/mol. The zero-order valence-electron chi connectivity index (χ0n) is 23.4. The van der Waals surface area contributed by atoms with Gasteiger partial charge in [0.1, 0.15) is 0 Å². The molecule has 0 bridgehead atoms. The minimum absolute atomic E-state index is 0.528. The molecule has 194 valence electrons. The van der Waals surface area contributed by atoms with Gasteiger partial charge in [0.15, 0.2) is 0 Å². The van der Waals surface area contributed by atoms with E-state index in [1.807, 2.05) is 0 Å². The van der Waals surface area contributed by atoms with E-state index in [9.17, 15) is 0 Å². The molecule has 32 heavy (non-hydrogen) atoms. The summed E-state index contributed by atoms with van der Waals surface area (Å²) in [5.41, 5.74) is 0.528. The number of hydrogen-bond donors (Lipinski definition) is 1. The van der Waals surface area contributed by atoms with Gasteiger partial charge in [0.2, 0.25) is 0 Å². The van der Waals surface area contributed by atoms with E-state index in [1.165, 1.54) is 167 Å². The Balaban J connectivity index is 3.02. The quantitative estimate of drug-likeness (QED) is 0.129. The lowest BCUT2D eigenvalue weighted by atomic mass is 9.89. The molecule has 0 fully saturated rings. The van der Waals surface area contributed by atoms with Gasteiger partial charge in [-0.3, -0.25) is 0 Å². The lowest BCUT2D eigenvalue weighted by Crippen LogP contribution is -2.16. The third-order valence-electron chi connectivity index (χ3n) is 6.99. The van der Waals surface area contributed by atoms with Crippen LogP contribution in [0.2, 0.25) is 0 Å². The van der Waals surface area contributed by atoms with E-state index in [2.05, 4.69) is 33.0 Å². The standard InChI is InChI=1S/C31H65N/c1-5-6-7-8-9-10-11-12-13-14-17-20-23-26-29-32-30-27-24-21-18-15-16-19-22-25-28-31(2,3)4/h32H,5-30H2,1-4H3. The molecule has 0 unspecified atom stereocenters. The maximum absolute atomic E-state index is 3.67. The van der Waals surface area contributed by atoms with Crippen molar-refractivity contribution in [3.05, 3.63) is 0 Å². The highest BCUT2D eigenvalue weighted by atomic mass is 14.8. The van der Waals surface area contributed by atoms with Gasteiger partial charge in [-0.2, -0.15) is 0 Å². The van der Waals surface area contributed by atoms with Crippen LogP contribution in [0.4, 0.5) is 0 Å². The normalized spacial score (nSPS) is 12.0. The van der Waals surface area contributed by atoms with Crippen molar-refractivity contribution in [3.63, 3.8) is 0 Å². The van der Waals surface area contributed by atoms with Gasteiger partial charge in [0.05, 0.1) is 0 Å². The van der Waals surface area contributed by atoms with Crippen molar-refractivity contribution in [3.8, 4) is 0 Å². The lowest BCUT2D eigenvalue weighted by Gasteiger charge is -2.17. The Morgan fingerprint density at radius 1 is 0.375 bits per heavy atom. The number of hydrogen-bond acceptors (Lipinski definition) is 1. The lowest BCUT2D eigenvalue weighted by molar-refractivity contribution is 0.356. The van der Waals surface area contributed by atoms with Gasteiger partial charge in [-0.25, -0.2) is 0 Å². The highest BCUT2D eigenvalue weighted by Crippen LogP contribution is 2.22. The summed E-state index contributed by atoms with van der Waals surface area (Å²) in [5, 5.41) is 3.67. The number of nitrogens with one attached hydrogen (secondary N) is 1. The third-order valence-corrected chi connectivity index (χ3v) is 6.99. The van der Waals surface area contributed by atoms with Crippen molar-refractivity contribution in [1.29, 1.82) is 0 Å². The second-order valence-corrected chi connectivity index (χ2v) is 11.8. The summed E-state index contributed by atoms with van der Waals surface area (Å²) in [6.07, 6.45) is 34.7. The zero-order chi connectivity index (χ0) is 23.6. The molecule has 0 spiro atoms. The first-order chi connectivity index (χ1) is 15.6. The average Bonchev–Trinajstić information content (AvgIpc) is 2.75. The van der Waals surface area contributed by atoms with Crippen molar-refractivity contribution in [2.45, 2.75) is 182 Å². The molecule has 0 heterocycles. The summed E-state index contributed by atoms with van der Waals surface area (Å²) in [7, 11) is 0. The number of rotatable bonds is 26. The third kappa shape index (κ3) is 30.0. The summed E-state index contributed by atoms with van der Waals surface area (Å²) in [4.78, 5) is 0. The van der Waals surface area contributed by atoms with Crippen LogP contribution in [-0.2, 0) is 0 Å². The Hall–Kier alpha value is -0.0400. The van der Waals surface area contributed by atoms with Crippen LogP contribution in [0.15, 0.2) is 0 Å². The van der Waals surface area contributed by atoms with E-state index >= 15 is 0 Å². The van der Waals surface area contributed by atoms with E-state index in [-0.39, 0.29) is 0 Å². The molecule has 0 amide bonds. The summed E-state index contributed by atoms with van der Waals surface area (Å²) >= 11 is 0. The van der Waals surface area contributed by atoms with Crippen LogP contribution in [0.1, 0.15) is 182 Å². The van der Waals surface area contributed by atoms with Crippen molar-refractivity contribution in [2.75, 3.05) is 13.1 Å². The Bertz CT molecular complexity index is 330. The number of unbranched alkanes of at least 4 members (excludes halogenated alkanes) is 21. The molecule has 0 rings (SSSR count). The minimum Gasteiger partial charge on any atom is -0.317 e. The van der Waals surface area contributed by atoms with Crippen molar-refractivity contribution in [1.82, 2.24) is 5.32 Å². The van der Waals surface area contributed by atoms with Crippen LogP contribution in [-0.4, -0.2) is 13.1 Å². The summed E-state index contributed by atoms with van der Waals surface area (Å²) in [5.74, 6) is 0. The van der Waals surface area contributed by atoms with Gasteiger partial charge in [-0.05, 0) is 37.8 Å². The Labute approximate surface area is 205 Å². The molecule has 0 aliphatic heterocycles. The fraction of sp³-hybridized carbons (Fsp3) is 1.00. The summed E-state index contributed by atoms with van der Waals surface area (Å²) in [6, 6.07) is 0. The Kier molecular flexibility index (Phi) is 25.5. The van der Waals surface area contributed by atoms with E-state index in [0.29, 0.717) is 5.41 Å². The van der Waals surface area contributed by atoms with Crippen LogP contribution in [0.3, 0.4) is 0 Å². The minimum atomic E-state index is 0.528. The van der Waals surface area contributed by atoms with Gasteiger partial charge >= 0.3 is 0 Å². The fourth-order valence-corrected chi connectivity index (χ4v) is 4.71. The molecule has 1 N–H and O–H groups in total. The van der Waals surface area contributed by atoms with Crippen LogP contribution in [0.5, 0.6) is 0 Å². The predicted molar refractivity (Wildman–Crippen MR) is 149 cm³/mol. The van der Waals surface area contributed by atoms with Gasteiger partial charge in [0, 0.05) is 0 Å². The molecule has 0 saturated carbocycles. The van der Waals surface area contributed by atoms with E-state index in [0.717, 1.165) is 0 Å². The Morgan fingerprint density at radius 3 is 0.969 bits per heavy atom. The van der Waals surface area contributed by atoms with Gasteiger partial charge in [0.25, 0.3) is 0 Å². The van der Waals surface area contributed by atoms with Gasteiger partial charge in [-0.15, -0.1) is 0 Å². The zero-order valence-corrected chi connectivity index (χ0v) is 23.4. The molecule has 0 aromatic rings. The molecular weight excluding hydrogens is 386 g/mol. The maximum Gasteiger partial charge on any atom is -0.00489 e. The first-order valence-electron chi connectivity index (χ1n) is 15.3. The topological polar surface area (TPSA) is 12.0 Å². The fourth-order valence-electron chi connectivity index (χ4n) is 4.71.